The van der Waals surface area contributed by atoms with E-state index in [1.54, 1.807) is 0 Å². The highest BCUT2D eigenvalue weighted by molar-refractivity contribution is 9.10. The summed E-state index contributed by atoms with van der Waals surface area (Å²) < 4.78 is 61.2. The molecule has 4 rings (SSSR count). The summed E-state index contributed by atoms with van der Waals surface area (Å²) in [6, 6.07) is 8.70. The van der Waals surface area contributed by atoms with Crippen molar-refractivity contribution in [3.8, 4) is 0 Å². The zero-order valence-corrected chi connectivity index (χ0v) is 22.0. The Morgan fingerprint density at radius 3 is 2.53 bits per heavy atom. The van der Waals surface area contributed by atoms with Gasteiger partial charge >= 0.3 is 0 Å². The number of nitrogens with zero attached hydrogens (tertiary/aromatic N) is 2. The average Bonchev–Trinajstić information content (AvgIpc) is 3.21. The van der Waals surface area contributed by atoms with Crippen molar-refractivity contribution in [3.63, 3.8) is 0 Å². The van der Waals surface area contributed by atoms with Gasteiger partial charge in [-0.3, -0.25) is 4.79 Å². The summed E-state index contributed by atoms with van der Waals surface area (Å²) in [6.45, 7) is 3.75. The van der Waals surface area contributed by atoms with Crippen LogP contribution < -0.4 is 5.32 Å². The normalized spacial score (nSPS) is 15.5. The highest BCUT2D eigenvalue weighted by Crippen LogP contribution is 2.30. The SMILES string of the molecule is Cc1ccc(NC(=O)C2CCN(S(=O)(=O)c3c(C)noc3/C=C/c3ccc(F)cc3F)CC2)c(Br)c1. The fraction of sp³-hybridized carbons (Fsp3) is 0.280. The molecule has 1 saturated heterocycles. The van der Waals surface area contributed by atoms with Crippen LogP contribution in [0.15, 0.2) is 50.3 Å². The van der Waals surface area contributed by atoms with E-state index in [9.17, 15) is 22.0 Å². The second-order valence-corrected chi connectivity index (χ2v) is 11.3. The summed E-state index contributed by atoms with van der Waals surface area (Å²) in [4.78, 5) is 12.7. The highest BCUT2D eigenvalue weighted by atomic mass is 79.9. The first-order chi connectivity index (χ1) is 17.1. The van der Waals surface area contributed by atoms with Crippen molar-refractivity contribution >= 4 is 49.7 Å². The molecule has 1 fully saturated rings. The number of halogens is 3. The third kappa shape index (κ3) is 5.58. The number of carbonyl (C=O) groups excluding carboxylic acids is 1. The van der Waals surface area contributed by atoms with Gasteiger partial charge in [-0.1, -0.05) is 11.2 Å². The van der Waals surface area contributed by atoms with Crippen LogP contribution in [0.1, 0.15) is 35.4 Å². The minimum Gasteiger partial charge on any atom is -0.355 e. The Balaban J connectivity index is 1.46. The van der Waals surface area contributed by atoms with Crippen LogP contribution in [-0.4, -0.2) is 36.9 Å². The van der Waals surface area contributed by atoms with E-state index in [1.807, 2.05) is 25.1 Å². The van der Waals surface area contributed by atoms with Crippen LogP contribution in [0.25, 0.3) is 12.2 Å². The molecule has 1 aliphatic rings. The first-order valence-corrected chi connectivity index (χ1v) is 13.5. The van der Waals surface area contributed by atoms with Crippen LogP contribution in [0, 0.1) is 31.4 Å². The van der Waals surface area contributed by atoms with Gasteiger partial charge in [0.25, 0.3) is 0 Å². The minimum atomic E-state index is -3.99. The van der Waals surface area contributed by atoms with E-state index in [1.165, 1.54) is 29.4 Å². The van der Waals surface area contributed by atoms with E-state index in [0.29, 0.717) is 18.5 Å². The van der Waals surface area contributed by atoms with Gasteiger partial charge in [0.05, 0.1) is 5.69 Å². The summed E-state index contributed by atoms with van der Waals surface area (Å²) in [7, 11) is -3.99. The second-order valence-electron chi connectivity index (χ2n) is 8.61. The van der Waals surface area contributed by atoms with Crippen LogP contribution in [0.3, 0.4) is 0 Å². The Labute approximate surface area is 216 Å². The van der Waals surface area contributed by atoms with Gasteiger partial charge in [-0.15, -0.1) is 0 Å². The van der Waals surface area contributed by atoms with Gasteiger partial charge < -0.3 is 9.84 Å². The zero-order valence-electron chi connectivity index (χ0n) is 19.6. The molecule has 1 amide bonds. The number of aromatic nitrogens is 1. The molecule has 1 aromatic heterocycles. The van der Waals surface area contributed by atoms with Crippen LogP contribution >= 0.6 is 15.9 Å². The number of amides is 1. The summed E-state index contributed by atoms with van der Waals surface area (Å²) in [5.41, 5.74) is 1.95. The topological polar surface area (TPSA) is 92.5 Å². The van der Waals surface area contributed by atoms with Crippen LogP contribution in [-0.2, 0) is 14.8 Å². The Morgan fingerprint density at radius 1 is 1.14 bits per heavy atom. The smallest absolute Gasteiger partial charge is 0.248 e. The molecule has 0 spiro atoms. The maximum atomic E-state index is 14.0. The highest BCUT2D eigenvalue weighted by Gasteiger charge is 2.36. The van der Waals surface area contributed by atoms with Gasteiger partial charge in [-0.2, -0.15) is 4.31 Å². The standard InChI is InChI=1S/C25H24BrF2N3O4S/c1-15-3-7-22(20(26)13-15)29-25(32)18-9-11-31(12-10-18)36(33,34)24-16(2)30-35-23(24)8-5-17-4-6-19(27)14-21(17)28/h3-8,13-14,18H,9-12H2,1-2H3,(H,29,32)/b8-5+. The predicted molar refractivity (Wildman–Crippen MR) is 136 cm³/mol. The number of benzene rings is 2. The molecule has 11 heteroatoms. The van der Waals surface area contributed by atoms with E-state index < -0.39 is 21.7 Å². The Hall–Kier alpha value is -2.89. The summed E-state index contributed by atoms with van der Waals surface area (Å²) in [6.07, 6.45) is 3.30. The number of piperidine rings is 1. The fourth-order valence-corrected chi connectivity index (χ4v) is 6.36. The van der Waals surface area contributed by atoms with Crippen molar-refractivity contribution in [2.75, 3.05) is 18.4 Å². The molecule has 2 aromatic carbocycles. The Morgan fingerprint density at radius 2 is 1.86 bits per heavy atom. The van der Waals surface area contributed by atoms with Gasteiger partial charge in [0.1, 0.15) is 17.3 Å². The number of anilines is 1. The Bertz CT molecular complexity index is 1430. The van der Waals surface area contributed by atoms with Gasteiger partial charge in [0.2, 0.25) is 15.9 Å². The van der Waals surface area contributed by atoms with E-state index in [2.05, 4.69) is 26.4 Å². The lowest BCUT2D eigenvalue weighted by Gasteiger charge is -2.30. The quantitative estimate of drug-likeness (QED) is 0.414. The molecular weight excluding hydrogens is 556 g/mol. The maximum Gasteiger partial charge on any atom is 0.248 e. The van der Waals surface area contributed by atoms with Gasteiger partial charge in [-0.05, 0) is 84.6 Å². The number of carbonyl (C=O) groups is 1. The molecular formula is C25H24BrF2N3O4S. The largest absolute Gasteiger partial charge is 0.355 e. The molecule has 190 valence electrons. The zero-order chi connectivity index (χ0) is 26.0. The molecule has 7 nitrogen and oxygen atoms in total. The van der Waals surface area contributed by atoms with Gasteiger partial charge in [0.15, 0.2) is 10.7 Å². The summed E-state index contributed by atoms with van der Waals surface area (Å²) >= 11 is 3.45. The number of hydrogen-bond donors (Lipinski definition) is 1. The molecule has 0 atom stereocenters. The first kappa shape index (κ1) is 26.2. The van der Waals surface area contributed by atoms with Gasteiger partial charge in [-0.25, -0.2) is 17.2 Å². The maximum absolute atomic E-state index is 14.0. The molecule has 36 heavy (non-hydrogen) atoms. The number of hydrogen-bond acceptors (Lipinski definition) is 5. The predicted octanol–water partition coefficient (Wildman–Crippen LogP) is 5.54. The van der Waals surface area contributed by atoms with Crippen molar-refractivity contribution in [1.29, 1.82) is 0 Å². The van der Waals surface area contributed by atoms with Crippen molar-refractivity contribution in [1.82, 2.24) is 9.46 Å². The first-order valence-electron chi connectivity index (χ1n) is 11.2. The number of rotatable bonds is 6. The molecule has 1 aliphatic heterocycles. The third-order valence-electron chi connectivity index (χ3n) is 6.02. The lowest BCUT2D eigenvalue weighted by Crippen LogP contribution is -2.41. The second kappa shape index (κ2) is 10.6. The van der Waals surface area contributed by atoms with Crippen molar-refractivity contribution < 1.29 is 26.5 Å². The molecule has 0 bridgehead atoms. The van der Waals surface area contributed by atoms with E-state index in [0.717, 1.165) is 22.2 Å². The van der Waals surface area contributed by atoms with Crippen molar-refractivity contribution in [2.45, 2.75) is 31.6 Å². The number of aryl methyl sites for hydroxylation is 2. The lowest BCUT2D eigenvalue weighted by atomic mass is 9.97. The Kier molecular flexibility index (Phi) is 7.72. The van der Waals surface area contributed by atoms with Crippen molar-refractivity contribution in [3.05, 3.63) is 75.1 Å². The average molecular weight is 580 g/mol. The van der Waals surface area contributed by atoms with Crippen LogP contribution in [0.4, 0.5) is 14.5 Å². The molecule has 0 aliphatic carbocycles. The van der Waals surface area contributed by atoms with Crippen LogP contribution in [0.5, 0.6) is 0 Å². The summed E-state index contributed by atoms with van der Waals surface area (Å²) in [5, 5.41) is 6.68. The third-order valence-corrected chi connectivity index (χ3v) is 8.73. The molecule has 2 heterocycles. The fourth-order valence-electron chi connectivity index (χ4n) is 4.04. The van der Waals surface area contributed by atoms with Crippen molar-refractivity contribution in [2.24, 2.45) is 5.92 Å². The molecule has 3 aromatic rings. The molecule has 1 N–H and O–H groups in total. The number of sulfonamides is 1. The molecule has 0 saturated carbocycles. The molecule has 0 radical (unpaired) electrons. The number of nitrogens with one attached hydrogen (secondary N) is 1. The van der Waals surface area contributed by atoms with E-state index in [4.69, 9.17) is 4.52 Å². The van der Waals surface area contributed by atoms with Gasteiger partial charge in [0, 0.05) is 35.1 Å². The van der Waals surface area contributed by atoms with E-state index in [-0.39, 0.29) is 46.8 Å². The minimum absolute atomic E-state index is 0.0553. The molecule has 0 unspecified atom stereocenters. The van der Waals surface area contributed by atoms with Crippen LogP contribution in [0.2, 0.25) is 0 Å². The monoisotopic (exact) mass is 579 g/mol. The lowest BCUT2D eigenvalue weighted by molar-refractivity contribution is -0.120. The van der Waals surface area contributed by atoms with E-state index >= 15 is 0 Å². The summed E-state index contributed by atoms with van der Waals surface area (Å²) in [5.74, 6) is -2.06.